The first kappa shape index (κ1) is 17.4. The molecule has 0 saturated carbocycles. The van der Waals surface area contributed by atoms with E-state index in [0.717, 1.165) is 32.6 Å². The number of aryl methyl sites for hydroxylation is 3. The summed E-state index contributed by atoms with van der Waals surface area (Å²) in [6, 6.07) is 7.76. The SMILES string of the molecule is Cc1cc(C)c(NC(=O)Cn2cnc3c(sc4ncccc43)c2=O)c(C)c1. The van der Waals surface area contributed by atoms with E-state index in [-0.39, 0.29) is 18.0 Å². The van der Waals surface area contributed by atoms with E-state index < -0.39 is 0 Å². The number of carbonyl (C=O) groups excluding carboxylic acids is 1. The standard InChI is InChI=1S/C20H18N4O2S/c1-11-7-12(2)16(13(3)8-11)23-15(25)9-24-10-22-17-14-5-4-6-21-19(14)27-18(17)20(24)26/h4-8,10H,9H2,1-3H3,(H,23,25). The van der Waals surface area contributed by atoms with Gasteiger partial charge < -0.3 is 5.32 Å². The Morgan fingerprint density at radius 2 is 1.93 bits per heavy atom. The molecule has 0 saturated heterocycles. The zero-order chi connectivity index (χ0) is 19.1. The van der Waals surface area contributed by atoms with Gasteiger partial charge in [0.1, 0.15) is 16.1 Å². The Morgan fingerprint density at radius 3 is 2.67 bits per heavy atom. The maximum atomic E-state index is 12.8. The molecule has 3 heterocycles. The summed E-state index contributed by atoms with van der Waals surface area (Å²) >= 11 is 1.30. The highest BCUT2D eigenvalue weighted by molar-refractivity contribution is 7.25. The molecular weight excluding hydrogens is 360 g/mol. The summed E-state index contributed by atoms with van der Waals surface area (Å²) < 4.78 is 1.85. The molecule has 0 aliphatic carbocycles. The number of anilines is 1. The lowest BCUT2D eigenvalue weighted by Gasteiger charge is -2.13. The monoisotopic (exact) mass is 378 g/mol. The Labute approximate surface area is 159 Å². The van der Waals surface area contributed by atoms with Gasteiger partial charge in [0.05, 0.1) is 11.8 Å². The number of hydrogen-bond acceptors (Lipinski definition) is 5. The van der Waals surface area contributed by atoms with Gasteiger partial charge in [0.15, 0.2) is 0 Å². The third-order valence-electron chi connectivity index (χ3n) is 4.48. The number of benzene rings is 1. The number of hydrogen-bond donors (Lipinski definition) is 1. The van der Waals surface area contributed by atoms with Crippen LogP contribution in [-0.2, 0) is 11.3 Å². The van der Waals surface area contributed by atoms with Gasteiger partial charge in [0, 0.05) is 17.3 Å². The number of thiophene rings is 1. The van der Waals surface area contributed by atoms with Crippen molar-refractivity contribution in [1.29, 1.82) is 0 Å². The number of amides is 1. The third kappa shape index (κ3) is 3.10. The van der Waals surface area contributed by atoms with Crippen LogP contribution in [0.2, 0.25) is 0 Å². The molecule has 0 spiro atoms. The second-order valence-corrected chi connectivity index (χ2v) is 7.63. The van der Waals surface area contributed by atoms with Gasteiger partial charge in [0.2, 0.25) is 5.91 Å². The van der Waals surface area contributed by atoms with E-state index in [9.17, 15) is 9.59 Å². The van der Waals surface area contributed by atoms with Gasteiger partial charge in [-0.05, 0) is 44.0 Å². The van der Waals surface area contributed by atoms with Crippen LogP contribution in [0.3, 0.4) is 0 Å². The minimum Gasteiger partial charge on any atom is -0.324 e. The molecule has 0 atom stereocenters. The molecule has 7 heteroatoms. The molecule has 4 aromatic rings. The quantitative estimate of drug-likeness (QED) is 0.591. The Morgan fingerprint density at radius 1 is 1.19 bits per heavy atom. The molecule has 0 fully saturated rings. The minimum atomic E-state index is -0.257. The molecule has 1 aromatic carbocycles. The normalized spacial score (nSPS) is 11.2. The molecule has 0 aliphatic heterocycles. The molecule has 1 amide bonds. The van der Waals surface area contributed by atoms with Crippen molar-refractivity contribution < 1.29 is 4.79 Å². The van der Waals surface area contributed by atoms with E-state index in [1.807, 2.05) is 45.0 Å². The third-order valence-corrected chi connectivity index (χ3v) is 5.57. The van der Waals surface area contributed by atoms with Crippen LogP contribution in [0, 0.1) is 20.8 Å². The molecule has 0 unspecified atom stereocenters. The maximum Gasteiger partial charge on any atom is 0.271 e. The minimum absolute atomic E-state index is 0.0871. The fraction of sp³-hybridized carbons (Fsp3) is 0.200. The van der Waals surface area contributed by atoms with Crippen molar-refractivity contribution in [2.24, 2.45) is 0 Å². The van der Waals surface area contributed by atoms with Crippen LogP contribution in [0.1, 0.15) is 16.7 Å². The summed E-state index contributed by atoms with van der Waals surface area (Å²) in [5.41, 5.74) is 4.34. The van der Waals surface area contributed by atoms with E-state index in [1.165, 1.54) is 22.2 Å². The van der Waals surface area contributed by atoms with Gasteiger partial charge in [-0.1, -0.05) is 17.7 Å². The molecule has 0 aliphatic rings. The number of rotatable bonds is 3. The van der Waals surface area contributed by atoms with Crippen LogP contribution in [0.5, 0.6) is 0 Å². The van der Waals surface area contributed by atoms with Crippen molar-refractivity contribution >= 4 is 43.4 Å². The van der Waals surface area contributed by atoms with Crippen molar-refractivity contribution in [3.63, 3.8) is 0 Å². The first-order valence-corrected chi connectivity index (χ1v) is 9.36. The summed E-state index contributed by atoms with van der Waals surface area (Å²) in [6.07, 6.45) is 3.12. The maximum absolute atomic E-state index is 12.8. The van der Waals surface area contributed by atoms with Crippen LogP contribution in [0.25, 0.3) is 20.4 Å². The van der Waals surface area contributed by atoms with Crippen LogP contribution in [0.15, 0.2) is 41.6 Å². The molecule has 4 rings (SSSR count). The second kappa shape index (κ2) is 6.59. The molecule has 136 valence electrons. The lowest BCUT2D eigenvalue weighted by molar-refractivity contribution is -0.116. The van der Waals surface area contributed by atoms with Crippen molar-refractivity contribution in [2.45, 2.75) is 27.3 Å². The largest absolute Gasteiger partial charge is 0.324 e. The van der Waals surface area contributed by atoms with Gasteiger partial charge in [-0.15, -0.1) is 11.3 Å². The molecule has 6 nitrogen and oxygen atoms in total. The highest BCUT2D eigenvalue weighted by Gasteiger charge is 2.14. The second-order valence-electron chi connectivity index (χ2n) is 6.64. The van der Waals surface area contributed by atoms with Gasteiger partial charge in [-0.2, -0.15) is 0 Å². The topological polar surface area (TPSA) is 76.9 Å². The predicted octanol–water partition coefficient (Wildman–Crippen LogP) is 3.57. The van der Waals surface area contributed by atoms with Gasteiger partial charge >= 0.3 is 0 Å². The summed E-state index contributed by atoms with van der Waals surface area (Å²) in [4.78, 5) is 34.8. The highest BCUT2D eigenvalue weighted by atomic mass is 32.1. The van der Waals surface area contributed by atoms with E-state index >= 15 is 0 Å². The molecular formula is C20H18N4O2S. The molecule has 0 bridgehead atoms. The van der Waals surface area contributed by atoms with E-state index in [4.69, 9.17) is 0 Å². The van der Waals surface area contributed by atoms with Crippen molar-refractivity contribution in [2.75, 3.05) is 5.32 Å². The lowest BCUT2D eigenvalue weighted by Crippen LogP contribution is -2.27. The van der Waals surface area contributed by atoms with Crippen molar-refractivity contribution in [1.82, 2.24) is 14.5 Å². The van der Waals surface area contributed by atoms with Gasteiger partial charge in [-0.3, -0.25) is 14.2 Å². The van der Waals surface area contributed by atoms with E-state index in [2.05, 4.69) is 15.3 Å². The average Bonchev–Trinajstić information content (AvgIpc) is 3.00. The van der Waals surface area contributed by atoms with Crippen LogP contribution < -0.4 is 10.9 Å². The molecule has 1 N–H and O–H groups in total. The number of fused-ring (bicyclic) bond motifs is 3. The number of nitrogens with one attached hydrogen (secondary N) is 1. The zero-order valence-electron chi connectivity index (χ0n) is 15.2. The van der Waals surface area contributed by atoms with E-state index in [0.29, 0.717) is 10.2 Å². The van der Waals surface area contributed by atoms with Crippen molar-refractivity contribution in [3.8, 4) is 0 Å². The predicted molar refractivity (Wildman–Crippen MR) is 108 cm³/mol. The summed E-state index contributed by atoms with van der Waals surface area (Å²) in [5, 5.41) is 3.78. The molecule has 0 radical (unpaired) electrons. The summed E-state index contributed by atoms with van der Waals surface area (Å²) in [5.74, 6) is -0.257. The van der Waals surface area contributed by atoms with E-state index in [1.54, 1.807) is 6.20 Å². The smallest absolute Gasteiger partial charge is 0.271 e. The first-order valence-electron chi connectivity index (χ1n) is 8.54. The lowest BCUT2D eigenvalue weighted by atomic mass is 10.1. The first-order chi connectivity index (χ1) is 12.9. The number of carbonyl (C=O) groups is 1. The van der Waals surface area contributed by atoms with Crippen LogP contribution in [-0.4, -0.2) is 20.4 Å². The summed E-state index contributed by atoms with van der Waals surface area (Å²) in [6.45, 7) is 5.85. The van der Waals surface area contributed by atoms with Crippen molar-refractivity contribution in [3.05, 3.63) is 63.8 Å². The Hall–Kier alpha value is -3.06. The fourth-order valence-corrected chi connectivity index (χ4v) is 4.37. The Bertz CT molecular complexity index is 1230. The number of pyridine rings is 1. The molecule has 3 aromatic heterocycles. The number of nitrogens with zero attached hydrogens (tertiary/aromatic N) is 3. The van der Waals surface area contributed by atoms with Crippen LogP contribution >= 0.6 is 11.3 Å². The Kier molecular flexibility index (Phi) is 4.24. The summed E-state index contributed by atoms with van der Waals surface area (Å²) in [7, 11) is 0. The number of aromatic nitrogens is 3. The average molecular weight is 378 g/mol. The van der Waals surface area contributed by atoms with Crippen LogP contribution in [0.4, 0.5) is 5.69 Å². The fourth-order valence-electron chi connectivity index (χ4n) is 3.33. The zero-order valence-corrected chi connectivity index (χ0v) is 16.1. The Balaban J connectivity index is 1.66. The molecule has 27 heavy (non-hydrogen) atoms. The highest BCUT2D eigenvalue weighted by Crippen LogP contribution is 2.28. The van der Waals surface area contributed by atoms with Gasteiger partial charge in [-0.25, -0.2) is 9.97 Å². The van der Waals surface area contributed by atoms with Gasteiger partial charge in [0.25, 0.3) is 5.56 Å².